The second kappa shape index (κ2) is 7.63. The number of sulfonamides is 1. The van der Waals surface area contributed by atoms with Crippen LogP contribution in [0.4, 0.5) is 0 Å². The van der Waals surface area contributed by atoms with Gasteiger partial charge in [-0.15, -0.1) is 11.8 Å². The summed E-state index contributed by atoms with van der Waals surface area (Å²) in [6.07, 6.45) is 3.86. The molecule has 1 N–H and O–H groups in total. The molecule has 1 fully saturated rings. The maximum atomic E-state index is 11.8. The van der Waals surface area contributed by atoms with E-state index in [0.717, 1.165) is 19.4 Å². The molecule has 4 nitrogen and oxygen atoms in total. The van der Waals surface area contributed by atoms with Crippen LogP contribution in [0.1, 0.15) is 25.3 Å². The molecule has 1 aromatic carbocycles. The molecule has 1 aliphatic rings. The van der Waals surface area contributed by atoms with Gasteiger partial charge >= 0.3 is 0 Å². The minimum Gasteiger partial charge on any atom is -0.310 e. The third-order valence-corrected chi connectivity index (χ3v) is 6.59. The second-order valence-corrected chi connectivity index (χ2v) is 8.44. The first-order valence-electron chi connectivity index (χ1n) is 7.39. The molecule has 0 saturated carbocycles. The Morgan fingerprint density at radius 1 is 1.24 bits per heavy atom. The fraction of sp³-hybridized carbons (Fsp3) is 0.600. The molecule has 6 heteroatoms. The van der Waals surface area contributed by atoms with E-state index in [1.165, 1.54) is 10.5 Å². The average Bonchev–Trinajstić information content (AvgIpc) is 2.54. The van der Waals surface area contributed by atoms with E-state index in [-0.39, 0.29) is 5.75 Å². The maximum Gasteiger partial charge on any atom is 0.213 e. The van der Waals surface area contributed by atoms with E-state index >= 15 is 0 Å². The van der Waals surface area contributed by atoms with E-state index in [1.54, 1.807) is 23.0 Å². The van der Waals surface area contributed by atoms with Crippen LogP contribution in [0.5, 0.6) is 0 Å². The summed E-state index contributed by atoms with van der Waals surface area (Å²) >= 11 is 1.75. The van der Waals surface area contributed by atoms with Crippen LogP contribution in [0.3, 0.4) is 0 Å². The first-order valence-corrected chi connectivity index (χ1v) is 10.2. The highest BCUT2D eigenvalue weighted by molar-refractivity contribution is 7.98. The molecule has 0 bridgehead atoms. The smallest absolute Gasteiger partial charge is 0.213 e. The van der Waals surface area contributed by atoms with Crippen molar-refractivity contribution in [2.75, 3.05) is 25.1 Å². The van der Waals surface area contributed by atoms with Crippen LogP contribution in [0.2, 0.25) is 0 Å². The number of hydrogen-bond acceptors (Lipinski definition) is 4. The Morgan fingerprint density at radius 2 is 1.86 bits per heavy atom. The van der Waals surface area contributed by atoms with Crippen molar-refractivity contribution in [3.63, 3.8) is 0 Å². The van der Waals surface area contributed by atoms with Gasteiger partial charge in [-0.1, -0.05) is 12.1 Å². The van der Waals surface area contributed by atoms with Gasteiger partial charge in [0.15, 0.2) is 0 Å². The van der Waals surface area contributed by atoms with Crippen LogP contribution < -0.4 is 5.32 Å². The number of nitrogens with zero attached hydrogens (tertiary/aromatic N) is 1. The summed E-state index contributed by atoms with van der Waals surface area (Å²) in [5, 5.41) is 3.54. The monoisotopic (exact) mass is 328 g/mol. The fourth-order valence-electron chi connectivity index (χ4n) is 2.53. The van der Waals surface area contributed by atoms with Crippen LogP contribution in [0.25, 0.3) is 0 Å². The summed E-state index contributed by atoms with van der Waals surface area (Å²) in [4.78, 5) is 1.27. The van der Waals surface area contributed by atoms with Crippen molar-refractivity contribution < 1.29 is 8.42 Å². The Hall–Kier alpha value is -0.560. The van der Waals surface area contributed by atoms with E-state index in [9.17, 15) is 8.42 Å². The normalized spacial score (nSPS) is 18.0. The summed E-state index contributed by atoms with van der Waals surface area (Å²) in [7, 11) is -3.02. The zero-order chi connectivity index (χ0) is 15.3. The lowest BCUT2D eigenvalue weighted by Crippen LogP contribution is -2.45. The summed E-state index contributed by atoms with van der Waals surface area (Å²) in [5.41, 5.74) is 1.27. The minimum atomic E-state index is -3.02. The van der Waals surface area contributed by atoms with Gasteiger partial charge in [0.1, 0.15) is 0 Å². The molecule has 0 unspecified atom stereocenters. The van der Waals surface area contributed by atoms with Crippen LogP contribution in [0.15, 0.2) is 29.2 Å². The van der Waals surface area contributed by atoms with Crippen LogP contribution in [0, 0.1) is 0 Å². The van der Waals surface area contributed by atoms with Gasteiger partial charge in [-0.25, -0.2) is 12.7 Å². The first kappa shape index (κ1) is 16.8. The fourth-order valence-corrected chi connectivity index (χ4v) is 4.07. The molecule has 2 rings (SSSR count). The van der Waals surface area contributed by atoms with Crippen molar-refractivity contribution in [2.24, 2.45) is 0 Å². The third-order valence-electron chi connectivity index (χ3n) is 3.97. The number of hydrogen-bond donors (Lipinski definition) is 1. The number of nitrogens with one attached hydrogen (secondary N) is 1. The lowest BCUT2D eigenvalue weighted by atomic mass is 10.1. The van der Waals surface area contributed by atoms with E-state index in [1.807, 2.05) is 0 Å². The lowest BCUT2D eigenvalue weighted by molar-refractivity contribution is 0.289. The van der Waals surface area contributed by atoms with E-state index < -0.39 is 10.0 Å². The van der Waals surface area contributed by atoms with E-state index in [2.05, 4.69) is 35.8 Å². The van der Waals surface area contributed by atoms with Crippen LogP contribution in [-0.2, 0) is 16.6 Å². The van der Waals surface area contributed by atoms with Gasteiger partial charge in [0.05, 0.1) is 5.75 Å². The highest BCUT2D eigenvalue weighted by Crippen LogP contribution is 2.17. The summed E-state index contributed by atoms with van der Waals surface area (Å²) in [6.45, 7) is 3.83. The standard InChI is InChI=1S/C15H24N2O2S2/c1-3-21(18,19)17-10-8-14(9-11-17)16-12-13-4-6-15(20-2)7-5-13/h4-7,14,16H,3,8-12H2,1-2H3. The van der Waals surface area contributed by atoms with Crippen molar-refractivity contribution in [2.45, 2.75) is 37.2 Å². The molecule has 1 saturated heterocycles. The molecule has 0 radical (unpaired) electrons. The predicted octanol–water partition coefficient (Wildman–Crippen LogP) is 2.31. The van der Waals surface area contributed by atoms with Gasteiger partial charge in [0, 0.05) is 30.6 Å². The molecule has 1 aliphatic heterocycles. The van der Waals surface area contributed by atoms with E-state index in [0.29, 0.717) is 19.1 Å². The molecule has 0 aliphatic carbocycles. The predicted molar refractivity (Wildman–Crippen MR) is 89.1 cm³/mol. The Labute approximate surface area is 132 Å². The molecule has 21 heavy (non-hydrogen) atoms. The van der Waals surface area contributed by atoms with Gasteiger partial charge in [-0.3, -0.25) is 0 Å². The summed E-state index contributed by atoms with van der Waals surface area (Å²) < 4.78 is 25.2. The molecule has 0 amide bonds. The molecule has 0 atom stereocenters. The Kier molecular flexibility index (Phi) is 6.10. The third kappa shape index (κ3) is 4.71. The zero-order valence-electron chi connectivity index (χ0n) is 12.7. The number of benzene rings is 1. The van der Waals surface area contributed by atoms with Gasteiger partial charge in [0.2, 0.25) is 10.0 Å². The highest BCUT2D eigenvalue weighted by atomic mass is 32.2. The molecule has 0 aromatic heterocycles. The lowest BCUT2D eigenvalue weighted by Gasteiger charge is -2.31. The van der Waals surface area contributed by atoms with Gasteiger partial charge in [-0.2, -0.15) is 0 Å². The quantitative estimate of drug-likeness (QED) is 0.814. The molecule has 1 heterocycles. The largest absolute Gasteiger partial charge is 0.310 e. The van der Waals surface area contributed by atoms with E-state index in [4.69, 9.17) is 0 Å². The number of piperidine rings is 1. The minimum absolute atomic E-state index is 0.201. The van der Waals surface area contributed by atoms with Gasteiger partial charge in [-0.05, 0) is 43.7 Å². The molecule has 118 valence electrons. The van der Waals surface area contributed by atoms with Gasteiger partial charge in [0.25, 0.3) is 0 Å². The maximum absolute atomic E-state index is 11.8. The number of rotatable bonds is 6. The Bertz CT molecular complexity index is 535. The molecular formula is C15H24N2O2S2. The SMILES string of the molecule is CCS(=O)(=O)N1CCC(NCc2ccc(SC)cc2)CC1. The van der Waals surface area contributed by atoms with Crippen molar-refractivity contribution in [3.05, 3.63) is 29.8 Å². The Morgan fingerprint density at radius 3 is 2.38 bits per heavy atom. The molecular weight excluding hydrogens is 304 g/mol. The summed E-state index contributed by atoms with van der Waals surface area (Å²) in [5.74, 6) is 0.201. The van der Waals surface area contributed by atoms with Crippen LogP contribution >= 0.6 is 11.8 Å². The first-order chi connectivity index (χ1) is 10.0. The average molecular weight is 329 g/mol. The topological polar surface area (TPSA) is 49.4 Å². The summed E-state index contributed by atoms with van der Waals surface area (Å²) in [6, 6.07) is 8.98. The van der Waals surface area contributed by atoms with Crippen molar-refractivity contribution in [1.29, 1.82) is 0 Å². The second-order valence-electron chi connectivity index (χ2n) is 5.30. The highest BCUT2D eigenvalue weighted by Gasteiger charge is 2.26. The number of thioether (sulfide) groups is 1. The van der Waals surface area contributed by atoms with Gasteiger partial charge < -0.3 is 5.32 Å². The molecule has 0 spiro atoms. The zero-order valence-corrected chi connectivity index (χ0v) is 14.3. The van der Waals surface area contributed by atoms with Crippen molar-refractivity contribution >= 4 is 21.8 Å². The Balaban J connectivity index is 1.78. The van der Waals surface area contributed by atoms with Crippen molar-refractivity contribution in [3.8, 4) is 0 Å². The van der Waals surface area contributed by atoms with Crippen LogP contribution in [-0.4, -0.2) is 43.9 Å². The molecule has 1 aromatic rings. The van der Waals surface area contributed by atoms with Crippen molar-refractivity contribution in [1.82, 2.24) is 9.62 Å².